The Bertz CT molecular complexity index is 907. The number of hydrogen-bond acceptors (Lipinski definition) is 3. The van der Waals surface area contributed by atoms with Gasteiger partial charge in [0.15, 0.2) is 12.5 Å². The van der Waals surface area contributed by atoms with Crippen LogP contribution < -0.4 is 15.2 Å². The van der Waals surface area contributed by atoms with Crippen molar-refractivity contribution in [2.45, 2.75) is 12.1 Å². The molecular formula is C15H11F7N2O2. The van der Waals surface area contributed by atoms with Gasteiger partial charge in [0.05, 0.1) is 23.3 Å². The van der Waals surface area contributed by atoms with Gasteiger partial charge in [-0.05, 0) is 6.07 Å². The van der Waals surface area contributed by atoms with Crippen LogP contribution >= 0.6 is 0 Å². The third-order valence-corrected chi connectivity index (χ3v) is 3.90. The monoisotopic (exact) mass is 384 g/mol. The maximum Gasteiger partial charge on any atom is 0.405 e. The van der Waals surface area contributed by atoms with Crippen molar-refractivity contribution >= 4 is 16.6 Å². The molecule has 0 saturated carbocycles. The van der Waals surface area contributed by atoms with Crippen LogP contribution in [0.1, 0.15) is 5.56 Å². The van der Waals surface area contributed by atoms with Crippen LogP contribution in [0.15, 0.2) is 16.9 Å². The lowest BCUT2D eigenvalue weighted by molar-refractivity contribution is -0.120. The number of nitrogens with one attached hydrogen (secondary N) is 1. The second kappa shape index (κ2) is 6.06. The smallest absolute Gasteiger partial charge is 0.405 e. The minimum Gasteiger partial charge on any atom is -0.489 e. The van der Waals surface area contributed by atoms with Crippen LogP contribution in [0.25, 0.3) is 10.9 Å². The lowest BCUT2D eigenvalue weighted by atomic mass is 10.0. The summed E-state index contributed by atoms with van der Waals surface area (Å²) in [6.45, 7) is -3.94. The topological polar surface area (TPSA) is 45.3 Å². The first-order valence-electron chi connectivity index (χ1n) is 7.32. The fourth-order valence-corrected chi connectivity index (χ4v) is 2.84. The molecule has 0 fully saturated rings. The number of rotatable bonds is 3. The van der Waals surface area contributed by atoms with Crippen LogP contribution in [0.4, 0.5) is 36.4 Å². The Hall–Kier alpha value is -2.46. The molecule has 0 atom stereocenters. The highest BCUT2D eigenvalue weighted by atomic mass is 19.4. The molecule has 1 N–H and O–H groups in total. The van der Waals surface area contributed by atoms with E-state index < -0.39 is 47.6 Å². The molecule has 0 spiro atoms. The zero-order valence-corrected chi connectivity index (χ0v) is 12.9. The summed E-state index contributed by atoms with van der Waals surface area (Å²) in [6.07, 6.45) is -4.58. The van der Waals surface area contributed by atoms with Gasteiger partial charge in [-0.1, -0.05) is 0 Å². The molecule has 1 aromatic carbocycles. The van der Waals surface area contributed by atoms with Gasteiger partial charge in [0.1, 0.15) is 18.9 Å². The summed E-state index contributed by atoms with van der Waals surface area (Å²) in [6, 6.07) is 1.86. The molecular weight excluding hydrogens is 373 g/mol. The lowest BCUT2D eigenvalue weighted by Crippen LogP contribution is -2.39. The van der Waals surface area contributed by atoms with Crippen molar-refractivity contribution in [2.75, 3.05) is 31.3 Å². The van der Waals surface area contributed by atoms with E-state index in [9.17, 15) is 35.5 Å². The number of ether oxygens (including phenoxy) is 1. The Labute approximate surface area is 141 Å². The summed E-state index contributed by atoms with van der Waals surface area (Å²) in [4.78, 5) is 14.4. The van der Waals surface area contributed by atoms with Gasteiger partial charge in [0, 0.05) is 11.5 Å². The summed E-state index contributed by atoms with van der Waals surface area (Å²) >= 11 is 0. The summed E-state index contributed by atoms with van der Waals surface area (Å²) in [5, 5.41) is -0.596. The van der Waals surface area contributed by atoms with Gasteiger partial charge >= 0.3 is 12.1 Å². The minimum absolute atomic E-state index is 0.0928. The Morgan fingerprint density at radius 3 is 2.50 bits per heavy atom. The molecule has 1 aliphatic heterocycles. The number of hydrogen-bond donors (Lipinski definition) is 1. The molecule has 0 unspecified atom stereocenters. The largest absolute Gasteiger partial charge is 0.489 e. The molecule has 0 aliphatic carbocycles. The highest BCUT2D eigenvalue weighted by Gasteiger charge is 2.39. The van der Waals surface area contributed by atoms with E-state index in [2.05, 4.69) is 0 Å². The van der Waals surface area contributed by atoms with Crippen LogP contribution in [0.5, 0.6) is 5.75 Å². The van der Waals surface area contributed by atoms with E-state index in [1.165, 1.54) is 0 Å². The number of anilines is 1. The number of pyridine rings is 1. The summed E-state index contributed by atoms with van der Waals surface area (Å²) in [5.74, 6) is -6.31. The number of benzene rings is 1. The van der Waals surface area contributed by atoms with E-state index in [0.717, 1.165) is 17.0 Å². The van der Waals surface area contributed by atoms with E-state index in [0.29, 0.717) is 0 Å². The predicted octanol–water partition coefficient (Wildman–Crippen LogP) is 3.49. The fraction of sp³-hybridized carbons (Fsp3) is 0.400. The number of fused-ring (bicyclic) bond motifs is 2. The molecule has 4 nitrogen and oxygen atoms in total. The summed E-state index contributed by atoms with van der Waals surface area (Å²) in [5.41, 5.74) is -3.50. The van der Waals surface area contributed by atoms with Gasteiger partial charge in [-0.3, -0.25) is 4.79 Å². The zero-order chi connectivity index (χ0) is 19.3. The SMILES string of the molecule is O=c1[nH]c2cc3c(cc2c(C(F)(F)CF)c1F)N(CC(F)(F)F)CCO3. The van der Waals surface area contributed by atoms with Gasteiger partial charge in [-0.15, -0.1) is 0 Å². The minimum atomic E-state index is -4.58. The first kappa shape index (κ1) is 18.3. The highest BCUT2D eigenvalue weighted by Crippen LogP contribution is 2.41. The average molecular weight is 384 g/mol. The quantitative estimate of drug-likeness (QED) is 0.825. The second-order valence-corrected chi connectivity index (χ2v) is 5.73. The van der Waals surface area contributed by atoms with Crippen molar-refractivity contribution in [1.82, 2.24) is 4.98 Å². The highest BCUT2D eigenvalue weighted by molar-refractivity contribution is 5.89. The number of H-pyrrole nitrogens is 1. The molecule has 0 amide bonds. The number of aromatic nitrogens is 1. The molecule has 0 saturated heterocycles. The normalized spacial score (nSPS) is 15.1. The van der Waals surface area contributed by atoms with E-state index in [1.807, 2.05) is 4.98 Å². The first-order valence-corrected chi connectivity index (χ1v) is 7.32. The lowest BCUT2D eigenvalue weighted by Gasteiger charge is -2.32. The molecule has 11 heteroatoms. The second-order valence-electron chi connectivity index (χ2n) is 5.73. The molecule has 3 rings (SSSR count). The van der Waals surface area contributed by atoms with Crippen LogP contribution in [0.3, 0.4) is 0 Å². The van der Waals surface area contributed by atoms with Crippen molar-refractivity contribution in [3.63, 3.8) is 0 Å². The number of alkyl halides is 6. The van der Waals surface area contributed by atoms with E-state index in [4.69, 9.17) is 4.74 Å². The molecule has 1 aliphatic rings. The number of aromatic amines is 1. The standard InChI is InChI=1S/C15H11F7N2O2/c16-5-14(18,19)11-7-3-9-10(4-8(7)23-13(25)12(11)17)26-2-1-24(9)6-15(20,21)22/h3-4H,1-2,5-6H2,(H,23,25). The molecule has 0 bridgehead atoms. The van der Waals surface area contributed by atoms with E-state index in [-0.39, 0.29) is 30.1 Å². The van der Waals surface area contributed by atoms with Gasteiger partial charge in [0.2, 0.25) is 0 Å². The molecule has 0 radical (unpaired) electrons. The van der Waals surface area contributed by atoms with Gasteiger partial charge in [-0.25, -0.2) is 8.78 Å². The predicted molar refractivity (Wildman–Crippen MR) is 78.2 cm³/mol. The van der Waals surface area contributed by atoms with Crippen LogP contribution in [-0.2, 0) is 5.92 Å². The van der Waals surface area contributed by atoms with Crippen molar-refractivity contribution in [1.29, 1.82) is 0 Å². The Morgan fingerprint density at radius 2 is 1.88 bits per heavy atom. The van der Waals surface area contributed by atoms with E-state index in [1.54, 1.807) is 0 Å². The molecule has 142 valence electrons. The summed E-state index contributed by atoms with van der Waals surface area (Å²) in [7, 11) is 0. The number of nitrogens with zero attached hydrogens (tertiary/aromatic N) is 1. The van der Waals surface area contributed by atoms with Crippen LogP contribution in [0, 0.1) is 5.82 Å². The molecule has 2 heterocycles. The van der Waals surface area contributed by atoms with Gasteiger partial charge in [0.25, 0.3) is 5.56 Å². The van der Waals surface area contributed by atoms with Crippen molar-refractivity contribution in [3.8, 4) is 5.75 Å². The molecule has 26 heavy (non-hydrogen) atoms. The van der Waals surface area contributed by atoms with Gasteiger partial charge < -0.3 is 14.6 Å². The third kappa shape index (κ3) is 3.17. The van der Waals surface area contributed by atoms with Crippen molar-refractivity contribution < 1.29 is 35.5 Å². The number of halogens is 7. The van der Waals surface area contributed by atoms with Crippen LogP contribution in [0.2, 0.25) is 0 Å². The van der Waals surface area contributed by atoms with Gasteiger partial charge in [-0.2, -0.15) is 22.0 Å². The maximum atomic E-state index is 14.0. The van der Waals surface area contributed by atoms with E-state index >= 15 is 0 Å². The third-order valence-electron chi connectivity index (χ3n) is 3.90. The molecule has 1 aromatic heterocycles. The average Bonchev–Trinajstić information content (AvgIpc) is 2.53. The Balaban J connectivity index is 2.28. The molecule has 2 aromatic rings. The maximum absolute atomic E-state index is 14.0. The van der Waals surface area contributed by atoms with Crippen molar-refractivity contribution in [2.24, 2.45) is 0 Å². The van der Waals surface area contributed by atoms with Crippen LogP contribution in [-0.4, -0.2) is 37.5 Å². The fourth-order valence-electron chi connectivity index (χ4n) is 2.84. The zero-order valence-electron chi connectivity index (χ0n) is 12.9. The Kier molecular flexibility index (Phi) is 4.27. The first-order chi connectivity index (χ1) is 12.0. The Morgan fingerprint density at radius 1 is 1.19 bits per heavy atom. The summed E-state index contributed by atoms with van der Waals surface area (Å²) < 4.78 is 97.8. The van der Waals surface area contributed by atoms with Crippen molar-refractivity contribution in [3.05, 3.63) is 33.9 Å².